The Morgan fingerprint density at radius 1 is 1.11 bits per heavy atom. The van der Waals surface area contributed by atoms with Crippen LogP contribution in [0, 0.1) is 5.92 Å². The number of methoxy groups -OCH3 is 1. The Labute approximate surface area is 199 Å². The molecule has 1 atom stereocenters. The number of alkyl halides is 3. The zero-order valence-electron chi connectivity index (χ0n) is 19.1. The van der Waals surface area contributed by atoms with Gasteiger partial charge in [0.1, 0.15) is 30.3 Å². The predicted octanol–water partition coefficient (Wildman–Crippen LogP) is 4.89. The van der Waals surface area contributed by atoms with Crippen molar-refractivity contribution < 1.29 is 37.0 Å². The molecule has 0 bridgehead atoms. The number of fused-ring (bicyclic) bond motifs is 1. The van der Waals surface area contributed by atoms with Gasteiger partial charge < -0.3 is 18.8 Å². The number of carbonyl (C=O) groups excluding carboxylic acids is 2. The molecule has 2 aromatic heterocycles. The Kier molecular flexibility index (Phi) is 7.39. The first-order chi connectivity index (χ1) is 16.7. The molecule has 10 heteroatoms. The molecule has 35 heavy (non-hydrogen) atoms. The molecule has 2 heterocycles. The van der Waals surface area contributed by atoms with Gasteiger partial charge in [-0.2, -0.15) is 13.2 Å². The number of benzene rings is 1. The van der Waals surface area contributed by atoms with Crippen LogP contribution in [0.2, 0.25) is 0 Å². The maximum atomic E-state index is 12.6. The lowest BCUT2D eigenvalue weighted by molar-refractivity contribution is -0.189. The molecule has 0 radical (unpaired) electrons. The van der Waals surface area contributed by atoms with Crippen LogP contribution in [0.5, 0.6) is 5.75 Å². The fraction of sp³-hybridized carbons (Fsp3) is 0.400. The van der Waals surface area contributed by atoms with Gasteiger partial charge in [-0.05, 0) is 48.7 Å². The van der Waals surface area contributed by atoms with Gasteiger partial charge in [-0.15, -0.1) is 0 Å². The number of ketones is 1. The van der Waals surface area contributed by atoms with Crippen molar-refractivity contribution in [2.24, 2.45) is 5.92 Å². The molecule has 1 fully saturated rings. The minimum absolute atomic E-state index is 0.0840. The summed E-state index contributed by atoms with van der Waals surface area (Å²) < 4.78 is 54.9. The highest BCUT2D eigenvalue weighted by atomic mass is 19.4. The van der Waals surface area contributed by atoms with E-state index in [9.17, 15) is 22.8 Å². The van der Waals surface area contributed by atoms with E-state index in [0.717, 1.165) is 25.3 Å². The van der Waals surface area contributed by atoms with Crippen molar-refractivity contribution in [2.45, 2.75) is 38.1 Å². The lowest BCUT2D eigenvalue weighted by atomic mass is 10.1. The summed E-state index contributed by atoms with van der Waals surface area (Å²) in [6.07, 6.45) is -2.23. The third-order valence-electron chi connectivity index (χ3n) is 5.69. The minimum atomic E-state index is -4.51. The van der Waals surface area contributed by atoms with Crippen LogP contribution in [0.4, 0.5) is 13.2 Å². The van der Waals surface area contributed by atoms with E-state index in [1.165, 1.54) is 0 Å². The van der Waals surface area contributed by atoms with Crippen LogP contribution >= 0.6 is 0 Å². The minimum Gasteiger partial charge on any atom is -0.492 e. The van der Waals surface area contributed by atoms with Crippen molar-refractivity contribution in [1.29, 1.82) is 0 Å². The number of halogens is 3. The number of aromatic nitrogens is 2. The predicted molar refractivity (Wildman–Crippen MR) is 120 cm³/mol. The Morgan fingerprint density at radius 3 is 2.51 bits per heavy atom. The monoisotopic (exact) mass is 490 g/mol. The van der Waals surface area contributed by atoms with Gasteiger partial charge in [0.15, 0.2) is 5.78 Å². The van der Waals surface area contributed by atoms with Crippen LogP contribution in [0.15, 0.2) is 48.7 Å². The standard InChI is InChI=1S/C25H25F3N2O5/c1-33-22(31)14-21(35-15-25(26,27)28)16-4-7-19(8-5-16)34-13-12-30-11-10-18-6-9-20(29-24(18)30)23(32)17-2-3-17/h4-11,17,21H,2-3,12-15H2,1H3. The summed E-state index contributed by atoms with van der Waals surface area (Å²) in [4.78, 5) is 28.5. The van der Waals surface area contributed by atoms with Crippen molar-refractivity contribution in [3.05, 3.63) is 59.9 Å². The molecule has 1 aliphatic rings. The van der Waals surface area contributed by atoms with E-state index in [1.54, 1.807) is 30.3 Å². The molecule has 1 saturated carbocycles. The van der Waals surface area contributed by atoms with Gasteiger partial charge in [-0.25, -0.2) is 4.98 Å². The Hall–Kier alpha value is -3.40. The first-order valence-electron chi connectivity index (χ1n) is 11.2. The largest absolute Gasteiger partial charge is 0.492 e. The number of ether oxygens (including phenoxy) is 3. The van der Waals surface area contributed by atoms with E-state index in [1.807, 2.05) is 22.9 Å². The van der Waals surface area contributed by atoms with Crippen LogP contribution in [0.1, 0.15) is 41.4 Å². The zero-order chi connectivity index (χ0) is 25.0. The van der Waals surface area contributed by atoms with E-state index < -0.39 is 24.9 Å². The maximum Gasteiger partial charge on any atom is 0.411 e. The summed E-state index contributed by atoms with van der Waals surface area (Å²) in [5, 5.41) is 0.928. The Balaban J connectivity index is 1.37. The highest BCUT2D eigenvalue weighted by Crippen LogP contribution is 2.32. The molecule has 0 N–H and O–H groups in total. The third-order valence-corrected chi connectivity index (χ3v) is 5.69. The molecule has 1 aliphatic carbocycles. The Bertz CT molecular complexity index is 1190. The number of nitrogens with zero attached hydrogens (tertiary/aromatic N) is 2. The Morgan fingerprint density at radius 2 is 1.86 bits per heavy atom. The molecule has 4 rings (SSSR count). The van der Waals surface area contributed by atoms with Gasteiger partial charge in [0, 0.05) is 17.5 Å². The number of Topliss-reactive ketones (excluding diaryl/α,β-unsaturated/α-hetero) is 1. The molecule has 186 valence electrons. The summed E-state index contributed by atoms with van der Waals surface area (Å²) in [5.74, 6) is 0.0175. The van der Waals surface area contributed by atoms with Crippen molar-refractivity contribution >= 4 is 22.8 Å². The average molecular weight is 490 g/mol. The zero-order valence-corrected chi connectivity index (χ0v) is 19.1. The van der Waals surface area contributed by atoms with Crippen LogP contribution in [0.25, 0.3) is 11.0 Å². The van der Waals surface area contributed by atoms with Gasteiger partial charge in [0.05, 0.1) is 26.2 Å². The summed E-state index contributed by atoms with van der Waals surface area (Å²) >= 11 is 0. The van der Waals surface area contributed by atoms with Crippen molar-refractivity contribution in [1.82, 2.24) is 9.55 Å². The third kappa shape index (κ3) is 6.60. The van der Waals surface area contributed by atoms with Crippen molar-refractivity contribution in [2.75, 3.05) is 20.3 Å². The SMILES string of the molecule is COC(=O)CC(OCC(F)(F)F)c1ccc(OCCn2ccc3ccc(C(=O)C4CC4)nc32)cc1. The van der Waals surface area contributed by atoms with E-state index in [4.69, 9.17) is 9.47 Å². The van der Waals surface area contributed by atoms with E-state index in [0.29, 0.717) is 35.8 Å². The van der Waals surface area contributed by atoms with Gasteiger partial charge in [-0.1, -0.05) is 12.1 Å². The van der Waals surface area contributed by atoms with Gasteiger partial charge in [-0.3, -0.25) is 9.59 Å². The molecule has 3 aromatic rings. The van der Waals surface area contributed by atoms with Gasteiger partial charge in [0.2, 0.25) is 0 Å². The summed E-state index contributed by atoms with van der Waals surface area (Å²) in [6, 6.07) is 11.9. The summed E-state index contributed by atoms with van der Waals surface area (Å²) in [5.41, 5.74) is 1.59. The van der Waals surface area contributed by atoms with E-state index >= 15 is 0 Å². The second-order valence-corrected chi connectivity index (χ2v) is 8.37. The van der Waals surface area contributed by atoms with E-state index in [-0.39, 0.29) is 18.1 Å². The molecule has 7 nitrogen and oxygen atoms in total. The molecular formula is C25H25F3N2O5. The van der Waals surface area contributed by atoms with Crippen LogP contribution < -0.4 is 4.74 Å². The molecule has 0 spiro atoms. The summed E-state index contributed by atoms with van der Waals surface area (Å²) in [6.45, 7) is -0.680. The molecule has 1 aromatic carbocycles. The quantitative estimate of drug-likeness (QED) is 0.281. The number of hydrogen-bond donors (Lipinski definition) is 0. The van der Waals surface area contributed by atoms with Crippen LogP contribution in [-0.4, -0.2) is 47.8 Å². The molecular weight excluding hydrogens is 465 g/mol. The van der Waals surface area contributed by atoms with Crippen LogP contribution in [0.3, 0.4) is 0 Å². The number of rotatable bonds is 11. The lowest BCUT2D eigenvalue weighted by Crippen LogP contribution is -2.21. The first kappa shape index (κ1) is 24.7. The lowest BCUT2D eigenvalue weighted by Gasteiger charge is -2.19. The van der Waals surface area contributed by atoms with Gasteiger partial charge in [0.25, 0.3) is 0 Å². The average Bonchev–Trinajstić information content (AvgIpc) is 3.62. The van der Waals surface area contributed by atoms with Crippen molar-refractivity contribution in [3.63, 3.8) is 0 Å². The van der Waals surface area contributed by atoms with Crippen molar-refractivity contribution in [3.8, 4) is 5.75 Å². The van der Waals surface area contributed by atoms with E-state index in [2.05, 4.69) is 9.72 Å². The van der Waals surface area contributed by atoms with Gasteiger partial charge >= 0.3 is 12.1 Å². The normalized spacial score (nSPS) is 14.6. The highest BCUT2D eigenvalue weighted by Gasteiger charge is 2.32. The fourth-order valence-corrected chi connectivity index (χ4v) is 3.68. The molecule has 1 unspecified atom stereocenters. The molecule has 0 saturated heterocycles. The fourth-order valence-electron chi connectivity index (χ4n) is 3.68. The number of carbonyl (C=O) groups is 2. The van der Waals surface area contributed by atoms with Crippen LogP contribution in [-0.2, 0) is 20.8 Å². The maximum absolute atomic E-state index is 12.6. The first-order valence-corrected chi connectivity index (χ1v) is 11.2. The highest BCUT2D eigenvalue weighted by molar-refractivity contribution is 5.99. The number of pyridine rings is 1. The summed E-state index contributed by atoms with van der Waals surface area (Å²) in [7, 11) is 1.16. The topological polar surface area (TPSA) is 79.7 Å². The second-order valence-electron chi connectivity index (χ2n) is 8.37. The molecule has 0 aliphatic heterocycles. The smallest absolute Gasteiger partial charge is 0.411 e. The molecule has 0 amide bonds. The second kappa shape index (κ2) is 10.5. The number of hydrogen-bond acceptors (Lipinski definition) is 6. The number of esters is 1.